The first-order valence-corrected chi connectivity index (χ1v) is 8.38. The highest BCUT2D eigenvalue weighted by atomic mass is 28.4. The van der Waals surface area contributed by atoms with Crippen LogP contribution >= 0.6 is 0 Å². The third kappa shape index (κ3) is 3.47. The van der Waals surface area contributed by atoms with Crippen molar-refractivity contribution in [1.29, 1.82) is 0 Å². The molecule has 0 aliphatic heterocycles. The lowest BCUT2D eigenvalue weighted by atomic mass is 10.2. The quantitative estimate of drug-likeness (QED) is 0.664. The van der Waals surface area contributed by atoms with Crippen molar-refractivity contribution in [1.82, 2.24) is 0 Å². The molecule has 84 valence electrons. The number of hydrogen-bond donors (Lipinski definition) is 0. The molecule has 1 aromatic rings. The largest absolute Gasteiger partial charge is 0.420 e. The van der Waals surface area contributed by atoms with Crippen molar-refractivity contribution >= 4 is 8.32 Å². The second-order valence-electron chi connectivity index (χ2n) is 4.08. The van der Waals surface area contributed by atoms with Crippen molar-refractivity contribution in [2.45, 2.75) is 38.4 Å². The first kappa shape index (κ1) is 12.5. The lowest BCUT2D eigenvalue weighted by Gasteiger charge is -2.27. The lowest BCUT2D eigenvalue weighted by Crippen LogP contribution is -2.35. The Labute approximate surface area is 94.6 Å². The van der Waals surface area contributed by atoms with Crippen molar-refractivity contribution in [2.24, 2.45) is 0 Å². The average Bonchev–Trinajstić information content (AvgIpc) is 2.33. The number of benzene rings is 1. The van der Waals surface area contributed by atoms with Gasteiger partial charge >= 0.3 is 0 Å². The molecule has 0 saturated heterocycles. The fraction of sp³-hybridized carbons (Fsp3) is 0.538. The van der Waals surface area contributed by atoms with E-state index >= 15 is 0 Å². The zero-order chi connectivity index (χ0) is 11.1. The normalized spacial score (nSPS) is 11.7. The van der Waals surface area contributed by atoms with Crippen molar-refractivity contribution in [3.63, 3.8) is 0 Å². The van der Waals surface area contributed by atoms with E-state index in [1.807, 2.05) is 7.11 Å². The second kappa shape index (κ2) is 6.08. The standard InChI is InChI=1S/C13H22OSi/c1-4-15(5-2,14-3)12-11-13-9-7-6-8-10-13/h6-10H,4-5,11-12H2,1-3H3. The fourth-order valence-electron chi connectivity index (χ4n) is 2.01. The molecule has 0 saturated carbocycles. The molecule has 0 radical (unpaired) electrons. The number of aryl methyl sites for hydroxylation is 1. The molecular formula is C13H22OSi. The van der Waals surface area contributed by atoms with Crippen LogP contribution in [0.15, 0.2) is 30.3 Å². The van der Waals surface area contributed by atoms with Gasteiger partial charge in [0.1, 0.15) is 0 Å². The molecule has 1 rings (SSSR count). The third-order valence-electron chi connectivity index (χ3n) is 3.43. The van der Waals surface area contributed by atoms with E-state index < -0.39 is 8.32 Å². The van der Waals surface area contributed by atoms with Crippen LogP contribution in [0.3, 0.4) is 0 Å². The highest BCUT2D eigenvalue weighted by Crippen LogP contribution is 2.23. The van der Waals surface area contributed by atoms with E-state index in [2.05, 4.69) is 44.2 Å². The Morgan fingerprint density at radius 3 is 2.13 bits per heavy atom. The van der Waals surface area contributed by atoms with Gasteiger partial charge in [0.25, 0.3) is 0 Å². The van der Waals surface area contributed by atoms with E-state index in [4.69, 9.17) is 4.43 Å². The van der Waals surface area contributed by atoms with Gasteiger partial charge in [-0.05, 0) is 30.1 Å². The maximum Gasteiger partial charge on any atom is 0.192 e. The monoisotopic (exact) mass is 222 g/mol. The molecule has 0 N–H and O–H groups in total. The van der Waals surface area contributed by atoms with Crippen molar-refractivity contribution in [3.8, 4) is 0 Å². The Bertz CT molecular complexity index is 259. The van der Waals surface area contributed by atoms with Crippen molar-refractivity contribution in [2.75, 3.05) is 7.11 Å². The Hall–Kier alpha value is -0.603. The molecule has 0 aliphatic carbocycles. The molecule has 0 heterocycles. The van der Waals surface area contributed by atoms with Gasteiger partial charge < -0.3 is 4.43 Å². The van der Waals surface area contributed by atoms with Gasteiger partial charge in [0, 0.05) is 7.11 Å². The zero-order valence-corrected chi connectivity index (χ0v) is 11.1. The van der Waals surface area contributed by atoms with E-state index in [1.165, 1.54) is 30.1 Å². The van der Waals surface area contributed by atoms with Crippen molar-refractivity contribution in [3.05, 3.63) is 35.9 Å². The Balaban J connectivity index is 2.54. The van der Waals surface area contributed by atoms with E-state index in [1.54, 1.807) is 0 Å². The summed E-state index contributed by atoms with van der Waals surface area (Å²) < 4.78 is 5.80. The highest BCUT2D eigenvalue weighted by Gasteiger charge is 2.28. The maximum atomic E-state index is 5.80. The van der Waals surface area contributed by atoms with Crippen LogP contribution in [0.4, 0.5) is 0 Å². The van der Waals surface area contributed by atoms with Gasteiger partial charge in [0.05, 0.1) is 0 Å². The Morgan fingerprint density at radius 1 is 1.07 bits per heavy atom. The van der Waals surface area contributed by atoms with E-state index in [-0.39, 0.29) is 0 Å². The second-order valence-corrected chi connectivity index (χ2v) is 8.77. The zero-order valence-electron chi connectivity index (χ0n) is 10.1. The van der Waals surface area contributed by atoms with Crippen LogP contribution in [-0.2, 0) is 10.8 Å². The summed E-state index contributed by atoms with van der Waals surface area (Å²) in [6.45, 7) is 4.54. The molecule has 1 aromatic carbocycles. The maximum absolute atomic E-state index is 5.80. The molecule has 0 spiro atoms. The molecule has 0 amide bonds. The summed E-state index contributed by atoms with van der Waals surface area (Å²) in [5.74, 6) is 0. The van der Waals surface area contributed by atoms with E-state index in [0.717, 1.165) is 0 Å². The topological polar surface area (TPSA) is 9.23 Å². The van der Waals surface area contributed by atoms with Gasteiger partial charge in [-0.15, -0.1) is 0 Å². The first-order chi connectivity index (χ1) is 7.26. The SMILES string of the molecule is CC[Si](CC)(CCc1ccccc1)OC. The van der Waals surface area contributed by atoms with Crippen LogP contribution in [0, 0.1) is 0 Å². The summed E-state index contributed by atoms with van der Waals surface area (Å²) in [5.41, 5.74) is 1.44. The molecular weight excluding hydrogens is 200 g/mol. The van der Waals surface area contributed by atoms with Crippen LogP contribution in [-0.4, -0.2) is 15.4 Å². The molecule has 0 bridgehead atoms. The Morgan fingerprint density at radius 2 is 1.67 bits per heavy atom. The van der Waals surface area contributed by atoms with Crippen LogP contribution in [0.1, 0.15) is 19.4 Å². The predicted octanol–water partition coefficient (Wildman–Crippen LogP) is 3.86. The van der Waals surface area contributed by atoms with Crippen LogP contribution in [0.25, 0.3) is 0 Å². The molecule has 15 heavy (non-hydrogen) atoms. The van der Waals surface area contributed by atoms with Crippen LogP contribution in [0.5, 0.6) is 0 Å². The molecule has 0 fully saturated rings. The van der Waals surface area contributed by atoms with E-state index in [9.17, 15) is 0 Å². The summed E-state index contributed by atoms with van der Waals surface area (Å²) in [6.07, 6.45) is 1.17. The summed E-state index contributed by atoms with van der Waals surface area (Å²) >= 11 is 0. The highest BCUT2D eigenvalue weighted by molar-refractivity contribution is 6.73. The van der Waals surface area contributed by atoms with Gasteiger partial charge in [-0.2, -0.15) is 0 Å². The molecule has 2 heteroatoms. The minimum Gasteiger partial charge on any atom is -0.420 e. The lowest BCUT2D eigenvalue weighted by molar-refractivity contribution is 0.391. The van der Waals surface area contributed by atoms with Gasteiger partial charge in [-0.3, -0.25) is 0 Å². The minimum atomic E-state index is -1.40. The first-order valence-electron chi connectivity index (χ1n) is 5.85. The van der Waals surface area contributed by atoms with Gasteiger partial charge in [-0.1, -0.05) is 44.2 Å². The molecule has 0 aliphatic rings. The van der Waals surface area contributed by atoms with Gasteiger partial charge in [0.2, 0.25) is 0 Å². The van der Waals surface area contributed by atoms with Crippen molar-refractivity contribution < 1.29 is 4.43 Å². The molecule has 0 atom stereocenters. The van der Waals surface area contributed by atoms with Gasteiger partial charge in [0.15, 0.2) is 8.32 Å². The third-order valence-corrected chi connectivity index (χ3v) is 8.04. The molecule has 0 aromatic heterocycles. The van der Waals surface area contributed by atoms with E-state index in [0.29, 0.717) is 0 Å². The predicted molar refractivity (Wildman–Crippen MR) is 68.7 cm³/mol. The minimum absolute atomic E-state index is 1.17. The van der Waals surface area contributed by atoms with Crippen LogP contribution in [0.2, 0.25) is 18.1 Å². The summed E-state index contributed by atoms with van der Waals surface area (Å²) in [5, 5.41) is 0. The smallest absolute Gasteiger partial charge is 0.192 e. The average molecular weight is 222 g/mol. The van der Waals surface area contributed by atoms with Gasteiger partial charge in [-0.25, -0.2) is 0 Å². The summed E-state index contributed by atoms with van der Waals surface area (Å²) in [7, 11) is 0.493. The summed E-state index contributed by atoms with van der Waals surface area (Å²) in [4.78, 5) is 0. The number of hydrogen-bond acceptors (Lipinski definition) is 1. The fourth-order valence-corrected chi connectivity index (χ4v) is 4.74. The van der Waals surface area contributed by atoms with Crippen LogP contribution < -0.4 is 0 Å². The molecule has 1 nitrogen and oxygen atoms in total. The molecule has 0 unspecified atom stereocenters. The summed E-state index contributed by atoms with van der Waals surface area (Å²) in [6, 6.07) is 14.4. The number of rotatable bonds is 6. The Kier molecular flexibility index (Phi) is 5.06.